The first kappa shape index (κ1) is 11.1. The number of hydrogen-bond donors (Lipinski definition) is 1. The second kappa shape index (κ2) is 4.03. The van der Waals surface area contributed by atoms with Gasteiger partial charge in [-0.15, -0.1) is 11.3 Å². The predicted octanol–water partition coefficient (Wildman–Crippen LogP) is 4.36. The van der Waals surface area contributed by atoms with Crippen LogP contribution in [-0.4, -0.2) is 9.97 Å². The summed E-state index contributed by atoms with van der Waals surface area (Å²) in [6.07, 6.45) is 2.48. The lowest BCUT2D eigenvalue weighted by Crippen LogP contribution is -1.98. The van der Waals surface area contributed by atoms with Gasteiger partial charge in [0.1, 0.15) is 10.5 Å². The molecule has 2 aromatic heterocycles. The van der Waals surface area contributed by atoms with Crippen LogP contribution in [0.4, 0.5) is 0 Å². The second-order valence-electron chi connectivity index (χ2n) is 4.61. The van der Waals surface area contributed by atoms with Gasteiger partial charge in [-0.2, -0.15) is 0 Å². The minimum absolute atomic E-state index is 0.608. The Bertz CT molecular complexity index is 621. The molecule has 0 atom stereocenters. The molecule has 1 fully saturated rings. The van der Waals surface area contributed by atoms with Gasteiger partial charge >= 0.3 is 0 Å². The summed E-state index contributed by atoms with van der Waals surface area (Å²) in [5, 5.41) is 0. The van der Waals surface area contributed by atoms with Crippen LogP contribution in [-0.2, 0) is 0 Å². The maximum absolute atomic E-state index is 5.36. The molecule has 17 heavy (non-hydrogen) atoms. The van der Waals surface area contributed by atoms with Crippen LogP contribution in [0.25, 0.3) is 10.6 Å². The summed E-state index contributed by atoms with van der Waals surface area (Å²) >= 11 is 7.15. The number of thiophene rings is 1. The molecule has 0 bridgehead atoms. The first-order chi connectivity index (χ1) is 8.15. The highest BCUT2D eigenvalue weighted by Gasteiger charge is 2.26. The quantitative estimate of drug-likeness (QED) is 0.814. The van der Waals surface area contributed by atoms with Crippen LogP contribution >= 0.6 is 23.6 Å². The van der Waals surface area contributed by atoms with E-state index in [9.17, 15) is 0 Å². The van der Waals surface area contributed by atoms with E-state index in [0.29, 0.717) is 5.92 Å². The molecule has 0 unspecified atom stereocenters. The lowest BCUT2D eigenvalue weighted by Gasteiger charge is -2.07. The topological polar surface area (TPSA) is 28.7 Å². The highest BCUT2D eigenvalue weighted by atomic mass is 32.1. The molecule has 4 heteroatoms. The molecule has 0 aromatic carbocycles. The van der Waals surface area contributed by atoms with Crippen molar-refractivity contribution >= 4 is 23.6 Å². The number of rotatable bonds is 2. The summed E-state index contributed by atoms with van der Waals surface area (Å²) < 4.78 is 0.742. The third-order valence-corrected chi connectivity index (χ3v) is 4.54. The van der Waals surface area contributed by atoms with Gasteiger partial charge in [-0.1, -0.05) is 12.2 Å². The summed E-state index contributed by atoms with van der Waals surface area (Å²) in [6, 6.07) is 4.30. The van der Waals surface area contributed by atoms with E-state index < -0.39 is 0 Å². The summed E-state index contributed by atoms with van der Waals surface area (Å²) in [5.41, 5.74) is 2.25. The Morgan fingerprint density at radius 1 is 1.35 bits per heavy atom. The lowest BCUT2D eigenvalue weighted by atomic mass is 10.2. The molecule has 0 aliphatic heterocycles. The van der Waals surface area contributed by atoms with Gasteiger partial charge in [-0.3, -0.25) is 0 Å². The van der Waals surface area contributed by atoms with Gasteiger partial charge in [0, 0.05) is 16.4 Å². The lowest BCUT2D eigenvalue weighted by molar-refractivity contribution is 0.915. The Kier molecular flexibility index (Phi) is 2.64. The molecule has 0 saturated heterocycles. The number of hydrogen-bond acceptors (Lipinski definition) is 3. The first-order valence-electron chi connectivity index (χ1n) is 5.83. The van der Waals surface area contributed by atoms with E-state index in [2.05, 4.69) is 29.0 Å². The zero-order valence-electron chi connectivity index (χ0n) is 9.91. The molecule has 0 amide bonds. The number of aromatic amines is 1. The molecule has 1 aliphatic carbocycles. The van der Waals surface area contributed by atoms with E-state index >= 15 is 0 Å². The molecule has 2 heterocycles. The van der Waals surface area contributed by atoms with Crippen LogP contribution in [0.3, 0.4) is 0 Å². The van der Waals surface area contributed by atoms with Gasteiger partial charge in [-0.25, -0.2) is 4.98 Å². The van der Waals surface area contributed by atoms with Crippen molar-refractivity contribution in [2.75, 3.05) is 0 Å². The zero-order valence-corrected chi connectivity index (χ0v) is 11.5. The van der Waals surface area contributed by atoms with Crippen molar-refractivity contribution in [1.82, 2.24) is 9.97 Å². The zero-order chi connectivity index (χ0) is 12.0. The summed E-state index contributed by atoms with van der Waals surface area (Å²) in [6.45, 7) is 4.17. The first-order valence-corrected chi connectivity index (χ1v) is 7.05. The fraction of sp³-hybridized carbons (Fsp3) is 0.385. The third-order valence-electron chi connectivity index (χ3n) is 3.12. The van der Waals surface area contributed by atoms with Crippen molar-refractivity contribution in [2.45, 2.75) is 32.6 Å². The summed E-state index contributed by atoms with van der Waals surface area (Å²) in [5.74, 6) is 1.68. The largest absolute Gasteiger partial charge is 0.342 e. The third kappa shape index (κ3) is 2.07. The van der Waals surface area contributed by atoms with Crippen LogP contribution in [0.5, 0.6) is 0 Å². The number of H-pyrrole nitrogens is 1. The Morgan fingerprint density at radius 2 is 2.12 bits per heavy atom. The highest BCUT2D eigenvalue weighted by molar-refractivity contribution is 7.71. The molecule has 2 nitrogen and oxygen atoms in total. The standard InChI is InChI=1S/C13H14N2S2/c1-7-3-6-10(17-7)11-8(2)13(16)15-12(14-11)9-4-5-9/h3,6,9H,4-5H2,1-2H3,(H,14,15,16). The molecule has 88 valence electrons. The van der Waals surface area contributed by atoms with Crippen LogP contribution in [0.15, 0.2) is 12.1 Å². The van der Waals surface area contributed by atoms with Crippen LogP contribution in [0.1, 0.15) is 35.0 Å². The molecule has 1 N–H and O–H groups in total. The second-order valence-corrected chi connectivity index (χ2v) is 6.29. The van der Waals surface area contributed by atoms with Crippen LogP contribution < -0.4 is 0 Å². The highest BCUT2D eigenvalue weighted by Crippen LogP contribution is 2.39. The maximum Gasteiger partial charge on any atom is 0.133 e. The van der Waals surface area contributed by atoms with Gasteiger partial charge < -0.3 is 4.98 Å². The number of aromatic nitrogens is 2. The fourth-order valence-electron chi connectivity index (χ4n) is 1.92. The molecule has 2 aromatic rings. The molecule has 0 radical (unpaired) electrons. The summed E-state index contributed by atoms with van der Waals surface area (Å²) in [4.78, 5) is 10.6. The van der Waals surface area contributed by atoms with Crippen LogP contribution in [0.2, 0.25) is 0 Å². The van der Waals surface area contributed by atoms with Crippen molar-refractivity contribution in [3.8, 4) is 10.6 Å². The maximum atomic E-state index is 5.36. The SMILES string of the molecule is Cc1ccc(-c2[nH]c(C3CC3)nc(=S)c2C)s1. The van der Waals surface area contributed by atoms with Gasteiger partial charge in [0.15, 0.2) is 0 Å². The number of nitrogens with zero attached hydrogens (tertiary/aromatic N) is 1. The Morgan fingerprint density at radius 3 is 2.71 bits per heavy atom. The monoisotopic (exact) mass is 262 g/mol. The number of aryl methyl sites for hydroxylation is 1. The molecule has 0 spiro atoms. The molecular formula is C13H14N2S2. The van der Waals surface area contributed by atoms with Gasteiger partial charge in [0.05, 0.1) is 10.6 Å². The van der Waals surface area contributed by atoms with E-state index in [1.165, 1.54) is 22.6 Å². The fourth-order valence-corrected chi connectivity index (χ4v) is 3.04. The van der Waals surface area contributed by atoms with Gasteiger partial charge in [-0.05, 0) is 38.8 Å². The van der Waals surface area contributed by atoms with E-state index in [1.807, 2.05) is 6.92 Å². The van der Waals surface area contributed by atoms with E-state index in [4.69, 9.17) is 12.2 Å². The minimum Gasteiger partial charge on any atom is -0.342 e. The molecular weight excluding hydrogens is 248 g/mol. The van der Waals surface area contributed by atoms with E-state index in [1.54, 1.807) is 11.3 Å². The van der Waals surface area contributed by atoms with Crippen molar-refractivity contribution in [3.63, 3.8) is 0 Å². The molecule has 3 rings (SSSR count). The number of nitrogens with one attached hydrogen (secondary N) is 1. The predicted molar refractivity (Wildman–Crippen MR) is 74.2 cm³/mol. The van der Waals surface area contributed by atoms with Crippen LogP contribution in [0, 0.1) is 18.5 Å². The van der Waals surface area contributed by atoms with E-state index in [0.717, 1.165) is 21.7 Å². The smallest absolute Gasteiger partial charge is 0.133 e. The van der Waals surface area contributed by atoms with Crippen molar-refractivity contribution in [1.29, 1.82) is 0 Å². The Hall–Kier alpha value is -1.00. The molecule has 1 saturated carbocycles. The normalized spacial score (nSPS) is 15.2. The summed E-state index contributed by atoms with van der Waals surface area (Å²) in [7, 11) is 0. The molecule has 1 aliphatic rings. The average molecular weight is 262 g/mol. The van der Waals surface area contributed by atoms with Crippen molar-refractivity contribution < 1.29 is 0 Å². The average Bonchev–Trinajstić information content (AvgIpc) is 3.05. The van der Waals surface area contributed by atoms with Gasteiger partial charge in [0.25, 0.3) is 0 Å². The Balaban J connectivity index is 2.17. The Labute approximate surface area is 110 Å². The van der Waals surface area contributed by atoms with Crippen molar-refractivity contribution in [2.24, 2.45) is 0 Å². The minimum atomic E-state index is 0.608. The van der Waals surface area contributed by atoms with Crippen molar-refractivity contribution in [3.05, 3.63) is 33.0 Å². The van der Waals surface area contributed by atoms with Gasteiger partial charge in [0.2, 0.25) is 0 Å². The van der Waals surface area contributed by atoms with E-state index in [-0.39, 0.29) is 0 Å².